The molecule has 0 aliphatic carbocycles. The molecule has 1 aromatic heterocycles. The van der Waals surface area contributed by atoms with Crippen LogP contribution in [-0.2, 0) is 0 Å². The Labute approximate surface area is 87.6 Å². The highest BCUT2D eigenvalue weighted by atomic mass is 16.5. The number of aryl methyl sites for hydroxylation is 1. The summed E-state index contributed by atoms with van der Waals surface area (Å²) in [4.78, 5) is 8.44. The van der Waals surface area contributed by atoms with Gasteiger partial charge in [0.25, 0.3) is 0 Å². The zero-order valence-corrected chi connectivity index (χ0v) is 8.31. The van der Waals surface area contributed by atoms with E-state index in [0.29, 0.717) is 11.6 Å². The van der Waals surface area contributed by atoms with Crippen LogP contribution in [0.1, 0.15) is 5.69 Å². The van der Waals surface area contributed by atoms with Crippen molar-refractivity contribution in [1.82, 2.24) is 9.97 Å². The van der Waals surface area contributed by atoms with Crippen molar-refractivity contribution in [3.8, 4) is 11.4 Å². The van der Waals surface area contributed by atoms with Gasteiger partial charge in [-0.1, -0.05) is 30.3 Å². The second kappa shape index (κ2) is 4.06. The Morgan fingerprint density at radius 1 is 1.13 bits per heavy atom. The number of aromatic nitrogens is 2. The second-order valence-electron chi connectivity index (χ2n) is 3.20. The van der Waals surface area contributed by atoms with Gasteiger partial charge in [0, 0.05) is 17.3 Å². The topological polar surface area (TPSA) is 58.0 Å². The largest absolute Gasteiger partial charge is 0.290 e. The molecule has 0 saturated carbocycles. The minimum atomic E-state index is 0.404. The van der Waals surface area contributed by atoms with E-state index in [0.717, 1.165) is 11.3 Å². The van der Waals surface area contributed by atoms with Gasteiger partial charge in [-0.05, 0) is 6.92 Å². The molecule has 0 amide bonds. The molecule has 0 fully saturated rings. The SMILES string of the molecule is Cc1cc(NO)nc(-c2ccccc2)n1. The second-order valence-corrected chi connectivity index (χ2v) is 3.20. The van der Waals surface area contributed by atoms with Gasteiger partial charge < -0.3 is 0 Å². The van der Waals surface area contributed by atoms with Crippen LogP contribution in [0.3, 0.4) is 0 Å². The highest BCUT2D eigenvalue weighted by Gasteiger charge is 2.03. The summed E-state index contributed by atoms with van der Waals surface area (Å²) in [7, 11) is 0. The van der Waals surface area contributed by atoms with Crippen molar-refractivity contribution in [3.63, 3.8) is 0 Å². The van der Waals surface area contributed by atoms with Crippen molar-refractivity contribution in [1.29, 1.82) is 0 Å². The van der Waals surface area contributed by atoms with Gasteiger partial charge in [-0.25, -0.2) is 9.97 Å². The molecular formula is C11H11N3O. The smallest absolute Gasteiger partial charge is 0.161 e. The monoisotopic (exact) mass is 201 g/mol. The molecule has 0 spiro atoms. The van der Waals surface area contributed by atoms with Crippen LogP contribution in [0.25, 0.3) is 11.4 Å². The molecule has 0 aliphatic heterocycles. The van der Waals surface area contributed by atoms with Gasteiger partial charge in [0.2, 0.25) is 0 Å². The van der Waals surface area contributed by atoms with E-state index in [1.165, 1.54) is 0 Å². The van der Waals surface area contributed by atoms with E-state index in [2.05, 4.69) is 9.97 Å². The van der Waals surface area contributed by atoms with Crippen molar-refractivity contribution >= 4 is 5.82 Å². The van der Waals surface area contributed by atoms with Crippen LogP contribution in [0.4, 0.5) is 5.82 Å². The number of hydrogen-bond acceptors (Lipinski definition) is 4. The summed E-state index contributed by atoms with van der Waals surface area (Å²) in [5, 5.41) is 8.79. The molecule has 0 unspecified atom stereocenters. The molecular weight excluding hydrogens is 190 g/mol. The fraction of sp³-hybridized carbons (Fsp3) is 0.0909. The number of nitrogens with one attached hydrogen (secondary N) is 1. The maximum atomic E-state index is 8.79. The van der Waals surface area contributed by atoms with Gasteiger partial charge in [0.05, 0.1) is 0 Å². The summed E-state index contributed by atoms with van der Waals surface area (Å²) >= 11 is 0. The Kier molecular flexibility index (Phi) is 2.60. The third-order valence-electron chi connectivity index (χ3n) is 2.00. The van der Waals surface area contributed by atoms with E-state index < -0.39 is 0 Å². The third kappa shape index (κ3) is 2.11. The molecule has 1 aromatic carbocycles. The number of anilines is 1. The van der Waals surface area contributed by atoms with Crippen LogP contribution in [0.2, 0.25) is 0 Å². The molecule has 0 bridgehead atoms. The first-order valence-electron chi connectivity index (χ1n) is 4.61. The van der Waals surface area contributed by atoms with Crippen molar-refractivity contribution in [3.05, 3.63) is 42.1 Å². The lowest BCUT2D eigenvalue weighted by molar-refractivity contribution is 0.386. The predicted octanol–water partition coefficient (Wildman–Crippen LogP) is 2.25. The summed E-state index contributed by atoms with van der Waals surface area (Å²) < 4.78 is 0. The van der Waals surface area contributed by atoms with Crippen LogP contribution >= 0.6 is 0 Å². The molecule has 1 heterocycles. The van der Waals surface area contributed by atoms with Crippen molar-refractivity contribution in [2.24, 2.45) is 0 Å². The zero-order valence-electron chi connectivity index (χ0n) is 8.31. The third-order valence-corrected chi connectivity index (χ3v) is 2.00. The normalized spacial score (nSPS) is 10.0. The molecule has 0 saturated heterocycles. The van der Waals surface area contributed by atoms with Gasteiger partial charge in [0.15, 0.2) is 11.6 Å². The quantitative estimate of drug-likeness (QED) is 0.732. The Morgan fingerprint density at radius 3 is 2.53 bits per heavy atom. The fourth-order valence-electron chi connectivity index (χ4n) is 1.34. The van der Waals surface area contributed by atoms with E-state index in [9.17, 15) is 0 Å². The summed E-state index contributed by atoms with van der Waals surface area (Å²) in [6.07, 6.45) is 0. The summed E-state index contributed by atoms with van der Waals surface area (Å²) in [6, 6.07) is 11.3. The highest BCUT2D eigenvalue weighted by Crippen LogP contribution is 2.16. The summed E-state index contributed by atoms with van der Waals surface area (Å²) in [5.41, 5.74) is 3.76. The molecule has 0 radical (unpaired) electrons. The molecule has 15 heavy (non-hydrogen) atoms. The standard InChI is InChI=1S/C11H11N3O/c1-8-7-10(14-15)13-11(12-8)9-5-3-2-4-6-9/h2-7,15H,1H3,(H,12,13,14). The molecule has 2 rings (SSSR count). The van der Waals surface area contributed by atoms with Crippen LogP contribution in [0.5, 0.6) is 0 Å². The zero-order chi connectivity index (χ0) is 10.7. The van der Waals surface area contributed by atoms with Crippen molar-refractivity contribution in [2.75, 3.05) is 5.48 Å². The molecule has 76 valence electrons. The van der Waals surface area contributed by atoms with Gasteiger partial charge in [-0.2, -0.15) is 0 Å². The van der Waals surface area contributed by atoms with E-state index in [-0.39, 0.29) is 0 Å². The average Bonchev–Trinajstić information content (AvgIpc) is 2.29. The maximum Gasteiger partial charge on any atom is 0.161 e. The van der Waals surface area contributed by atoms with Gasteiger partial charge in [0.1, 0.15) is 0 Å². The summed E-state index contributed by atoms with van der Waals surface area (Å²) in [5.74, 6) is 1.01. The molecule has 4 heteroatoms. The first-order valence-corrected chi connectivity index (χ1v) is 4.61. The highest BCUT2D eigenvalue weighted by molar-refractivity contribution is 5.56. The van der Waals surface area contributed by atoms with E-state index >= 15 is 0 Å². The molecule has 4 nitrogen and oxygen atoms in total. The van der Waals surface area contributed by atoms with E-state index in [1.54, 1.807) is 6.07 Å². The van der Waals surface area contributed by atoms with Crippen molar-refractivity contribution < 1.29 is 5.21 Å². The predicted molar refractivity (Wildman–Crippen MR) is 57.6 cm³/mol. The number of hydrogen-bond donors (Lipinski definition) is 2. The van der Waals surface area contributed by atoms with Crippen LogP contribution in [0, 0.1) is 6.92 Å². The number of nitrogens with zero attached hydrogens (tertiary/aromatic N) is 2. The minimum Gasteiger partial charge on any atom is -0.290 e. The first-order chi connectivity index (χ1) is 7.29. The van der Waals surface area contributed by atoms with Crippen LogP contribution < -0.4 is 5.48 Å². The lowest BCUT2D eigenvalue weighted by atomic mass is 10.2. The lowest BCUT2D eigenvalue weighted by Crippen LogP contribution is -1.98. The van der Waals surface area contributed by atoms with Crippen LogP contribution in [0.15, 0.2) is 36.4 Å². The maximum absolute atomic E-state index is 8.79. The van der Waals surface area contributed by atoms with Crippen LogP contribution in [-0.4, -0.2) is 15.2 Å². The lowest BCUT2D eigenvalue weighted by Gasteiger charge is -2.04. The van der Waals surface area contributed by atoms with E-state index in [4.69, 9.17) is 5.21 Å². The molecule has 0 aliphatic rings. The fourth-order valence-corrected chi connectivity index (χ4v) is 1.34. The van der Waals surface area contributed by atoms with Gasteiger partial charge in [-0.3, -0.25) is 10.7 Å². The number of benzene rings is 1. The van der Waals surface area contributed by atoms with Crippen molar-refractivity contribution in [2.45, 2.75) is 6.92 Å². The Balaban J connectivity index is 2.49. The van der Waals surface area contributed by atoms with E-state index in [1.807, 2.05) is 42.7 Å². The van der Waals surface area contributed by atoms with Gasteiger partial charge >= 0.3 is 0 Å². The molecule has 2 N–H and O–H groups in total. The number of rotatable bonds is 2. The Hall–Kier alpha value is -1.94. The minimum absolute atomic E-state index is 0.404. The Bertz CT molecular complexity index is 457. The Morgan fingerprint density at radius 2 is 1.87 bits per heavy atom. The average molecular weight is 201 g/mol. The molecule has 2 aromatic rings. The summed E-state index contributed by atoms with van der Waals surface area (Å²) in [6.45, 7) is 1.86. The van der Waals surface area contributed by atoms with Gasteiger partial charge in [-0.15, -0.1) is 0 Å². The first kappa shape index (κ1) is 9.61. The molecule has 0 atom stereocenters.